The molecule has 1 aromatic carbocycles. The summed E-state index contributed by atoms with van der Waals surface area (Å²) >= 11 is 0. The van der Waals surface area contributed by atoms with Gasteiger partial charge in [-0.25, -0.2) is 0 Å². The Morgan fingerprint density at radius 3 is 2.67 bits per heavy atom. The van der Waals surface area contributed by atoms with Crippen molar-refractivity contribution in [3.8, 4) is 0 Å². The highest BCUT2D eigenvalue weighted by Gasteiger charge is 2.30. The molecule has 3 nitrogen and oxygen atoms in total. The van der Waals surface area contributed by atoms with E-state index < -0.39 is 0 Å². The molecule has 1 fully saturated rings. The summed E-state index contributed by atoms with van der Waals surface area (Å²) in [6.45, 7) is 7.55. The Labute approximate surface area is 129 Å². The maximum atomic E-state index is 5.96. The molecule has 0 heterocycles. The van der Waals surface area contributed by atoms with E-state index >= 15 is 0 Å². The molecule has 0 amide bonds. The third kappa shape index (κ3) is 6.16. The van der Waals surface area contributed by atoms with Crippen LogP contribution in [0.2, 0.25) is 0 Å². The Bertz CT molecular complexity index is 376. The number of hydrogen-bond donors (Lipinski definition) is 1. The van der Waals surface area contributed by atoms with Gasteiger partial charge in [-0.15, -0.1) is 0 Å². The molecule has 3 heteroatoms. The molecular formula is C18H30N2O. The maximum Gasteiger partial charge on any atom is 0.0720 e. The number of nitrogens with zero attached hydrogens (tertiary/aromatic N) is 1. The molecule has 1 N–H and O–H groups in total. The molecule has 0 bridgehead atoms. The van der Waals surface area contributed by atoms with Gasteiger partial charge in [-0.2, -0.15) is 0 Å². The van der Waals surface area contributed by atoms with E-state index in [4.69, 9.17) is 4.74 Å². The van der Waals surface area contributed by atoms with Gasteiger partial charge in [0.1, 0.15) is 0 Å². The first-order valence-corrected chi connectivity index (χ1v) is 8.32. The number of likely N-dealkylation sites (N-methyl/N-ethyl adjacent to an activating group) is 1. The van der Waals surface area contributed by atoms with E-state index in [0.29, 0.717) is 6.10 Å². The molecule has 118 valence electrons. The van der Waals surface area contributed by atoms with Crippen LogP contribution in [0.1, 0.15) is 31.7 Å². The van der Waals surface area contributed by atoms with Crippen LogP contribution in [-0.2, 0) is 11.3 Å². The van der Waals surface area contributed by atoms with Crippen molar-refractivity contribution in [1.29, 1.82) is 0 Å². The fourth-order valence-electron chi connectivity index (χ4n) is 2.85. The first kappa shape index (κ1) is 16.5. The van der Waals surface area contributed by atoms with Crippen LogP contribution in [0.15, 0.2) is 30.3 Å². The second-order valence-corrected chi connectivity index (χ2v) is 6.27. The zero-order chi connectivity index (χ0) is 14.9. The largest absolute Gasteiger partial charge is 0.374 e. The topological polar surface area (TPSA) is 24.5 Å². The van der Waals surface area contributed by atoms with Crippen molar-refractivity contribution in [3.63, 3.8) is 0 Å². The molecule has 1 saturated carbocycles. The summed E-state index contributed by atoms with van der Waals surface area (Å²) in [6, 6.07) is 10.5. The van der Waals surface area contributed by atoms with E-state index in [-0.39, 0.29) is 0 Å². The highest BCUT2D eigenvalue weighted by Crippen LogP contribution is 2.31. The number of rotatable bonds is 10. The lowest BCUT2D eigenvalue weighted by molar-refractivity contribution is -0.0463. The standard InChI is InChI=1S/C18H30N2O/c1-3-9-19-10-11-20(2)14-17-12-18(13-17)21-15-16-7-5-4-6-8-16/h4-8,17-19H,3,9-15H2,1-2H3. The molecule has 0 atom stereocenters. The molecule has 0 unspecified atom stereocenters. The molecule has 0 aromatic heterocycles. The number of ether oxygens (including phenoxy) is 1. The van der Waals surface area contributed by atoms with Crippen molar-refractivity contribution < 1.29 is 4.74 Å². The quantitative estimate of drug-likeness (QED) is 0.671. The van der Waals surface area contributed by atoms with Crippen molar-refractivity contribution >= 4 is 0 Å². The van der Waals surface area contributed by atoms with Crippen molar-refractivity contribution in [2.24, 2.45) is 5.92 Å². The van der Waals surface area contributed by atoms with Gasteiger partial charge in [0.25, 0.3) is 0 Å². The van der Waals surface area contributed by atoms with E-state index in [1.807, 2.05) is 6.07 Å². The van der Waals surface area contributed by atoms with Gasteiger partial charge in [0.05, 0.1) is 12.7 Å². The highest BCUT2D eigenvalue weighted by molar-refractivity contribution is 5.13. The van der Waals surface area contributed by atoms with Gasteiger partial charge in [-0.1, -0.05) is 37.3 Å². The van der Waals surface area contributed by atoms with Crippen molar-refractivity contribution in [3.05, 3.63) is 35.9 Å². The molecule has 1 aliphatic carbocycles. The Morgan fingerprint density at radius 2 is 1.95 bits per heavy atom. The Hall–Kier alpha value is -0.900. The molecule has 1 aliphatic rings. The lowest BCUT2D eigenvalue weighted by atomic mass is 9.82. The van der Waals surface area contributed by atoms with Crippen LogP contribution in [0, 0.1) is 5.92 Å². The maximum absolute atomic E-state index is 5.96. The Kier molecular flexibility index (Phi) is 7.20. The molecule has 0 spiro atoms. The van der Waals surface area contributed by atoms with E-state index in [2.05, 4.69) is 48.5 Å². The normalized spacial score (nSPS) is 21.5. The second-order valence-electron chi connectivity index (χ2n) is 6.27. The van der Waals surface area contributed by atoms with Crippen LogP contribution in [-0.4, -0.2) is 44.2 Å². The fourth-order valence-corrected chi connectivity index (χ4v) is 2.85. The summed E-state index contributed by atoms with van der Waals surface area (Å²) in [5.41, 5.74) is 1.28. The van der Waals surface area contributed by atoms with Gasteiger partial charge >= 0.3 is 0 Å². The number of nitrogens with one attached hydrogen (secondary N) is 1. The summed E-state index contributed by atoms with van der Waals surface area (Å²) in [5, 5.41) is 3.46. The predicted octanol–water partition coefficient (Wildman–Crippen LogP) is 2.91. The summed E-state index contributed by atoms with van der Waals surface area (Å²) in [4.78, 5) is 2.45. The van der Waals surface area contributed by atoms with Gasteiger partial charge in [-0.3, -0.25) is 0 Å². The minimum absolute atomic E-state index is 0.474. The van der Waals surface area contributed by atoms with E-state index in [9.17, 15) is 0 Å². The minimum atomic E-state index is 0.474. The molecular weight excluding hydrogens is 260 g/mol. The van der Waals surface area contributed by atoms with Gasteiger partial charge in [0.2, 0.25) is 0 Å². The second kappa shape index (κ2) is 9.19. The van der Waals surface area contributed by atoms with E-state index in [0.717, 1.165) is 32.2 Å². The van der Waals surface area contributed by atoms with Gasteiger partial charge in [-0.05, 0) is 44.3 Å². The Balaban J connectivity index is 1.51. The third-order valence-corrected chi connectivity index (χ3v) is 4.19. The molecule has 0 aliphatic heterocycles. The van der Waals surface area contributed by atoms with Gasteiger partial charge < -0.3 is 15.0 Å². The first-order chi connectivity index (χ1) is 10.3. The van der Waals surface area contributed by atoms with Crippen LogP contribution in [0.3, 0.4) is 0 Å². The number of hydrogen-bond acceptors (Lipinski definition) is 3. The van der Waals surface area contributed by atoms with Crippen LogP contribution in [0.5, 0.6) is 0 Å². The van der Waals surface area contributed by atoms with Crippen LogP contribution in [0.25, 0.3) is 0 Å². The van der Waals surface area contributed by atoms with Gasteiger partial charge in [0.15, 0.2) is 0 Å². The predicted molar refractivity (Wildman–Crippen MR) is 88.4 cm³/mol. The smallest absolute Gasteiger partial charge is 0.0720 e. The summed E-state index contributed by atoms with van der Waals surface area (Å²) in [7, 11) is 2.23. The SMILES string of the molecule is CCCNCCN(C)CC1CC(OCc2ccccc2)C1. The monoisotopic (exact) mass is 290 g/mol. The third-order valence-electron chi connectivity index (χ3n) is 4.19. The van der Waals surface area contributed by atoms with Crippen molar-refractivity contribution in [1.82, 2.24) is 10.2 Å². The lowest BCUT2D eigenvalue weighted by Crippen LogP contribution is -2.40. The minimum Gasteiger partial charge on any atom is -0.374 e. The molecule has 21 heavy (non-hydrogen) atoms. The molecule has 0 radical (unpaired) electrons. The average Bonchev–Trinajstić information content (AvgIpc) is 2.47. The van der Waals surface area contributed by atoms with Crippen LogP contribution < -0.4 is 5.32 Å². The average molecular weight is 290 g/mol. The zero-order valence-electron chi connectivity index (χ0n) is 13.6. The van der Waals surface area contributed by atoms with Crippen molar-refractivity contribution in [2.45, 2.75) is 38.9 Å². The zero-order valence-corrected chi connectivity index (χ0v) is 13.6. The van der Waals surface area contributed by atoms with E-state index in [1.165, 1.54) is 31.4 Å². The van der Waals surface area contributed by atoms with Crippen molar-refractivity contribution in [2.75, 3.05) is 33.2 Å². The lowest BCUT2D eigenvalue weighted by Gasteiger charge is -2.37. The first-order valence-electron chi connectivity index (χ1n) is 8.32. The van der Waals surface area contributed by atoms with Gasteiger partial charge in [0, 0.05) is 19.6 Å². The molecule has 2 rings (SSSR count). The number of benzene rings is 1. The Morgan fingerprint density at radius 1 is 1.19 bits per heavy atom. The molecule has 1 aromatic rings. The van der Waals surface area contributed by atoms with Crippen LogP contribution in [0.4, 0.5) is 0 Å². The highest BCUT2D eigenvalue weighted by atomic mass is 16.5. The van der Waals surface area contributed by atoms with E-state index in [1.54, 1.807) is 0 Å². The summed E-state index contributed by atoms with van der Waals surface area (Å²) in [6.07, 6.45) is 4.13. The summed E-state index contributed by atoms with van der Waals surface area (Å²) < 4.78 is 5.96. The fraction of sp³-hybridized carbons (Fsp3) is 0.667. The summed E-state index contributed by atoms with van der Waals surface area (Å²) in [5.74, 6) is 0.821. The molecule has 0 saturated heterocycles. The van der Waals surface area contributed by atoms with Crippen LogP contribution >= 0.6 is 0 Å².